The molecular weight excluding hydrogens is 416 g/mol. The molecule has 6 heteroatoms. The number of anilines is 1. The molecule has 1 unspecified atom stereocenters. The van der Waals surface area contributed by atoms with Crippen LogP contribution in [-0.4, -0.2) is 43.4 Å². The number of hydrogen-bond donors (Lipinski definition) is 3. The second-order valence-electron chi connectivity index (χ2n) is 9.21. The Morgan fingerprint density at radius 1 is 1.15 bits per heavy atom. The summed E-state index contributed by atoms with van der Waals surface area (Å²) in [7, 11) is 1.62. The smallest absolute Gasteiger partial charge is 0.279 e. The van der Waals surface area contributed by atoms with Gasteiger partial charge < -0.3 is 24.8 Å². The van der Waals surface area contributed by atoms with Gasteiger partial charge in [-0.15, -0.1) is 0 Å². The highest BCUT2D eigenvalue weighted by Gasteiger charge is 2.51. The zero-order valence-electron chi connectivity index (χ0n) is 19.4. The highest BCUT2D eigenvalue weighted by atomic mass is 16.5. The zero-order chi connectivity index (χ0) is 23.3. The average Bonchev–Trinajstić information content (AvgIpc) is 2.83. The highest BCUT2D eigenvalue weighted by Crippen LogP contribution is 2.44. The lowest BCUT2D eigenvalue weighted by atomic mass is 9.66. The van der Waals surface area contributed by atoms with Gasteiger partial charge in [-0.1, -0.05) is 25.5 Å². The summed E-state index contributed by atoms with van der Waals surface area (Å²) < 4.78 is 10.8. The summed E-state index contributed by atoms with van der Waals surface area (Å²) in [6.45, 7) is 5.29. The molecule has 2 aromatic carbocycles. The van der Waals surface area contributed by atoms with Gasteiger partial charge in [-0.3, -0.25) is 4.79 Å². The van der Waals surface area contributed by atoms with Crippen LogP contribution in [0.4, 0.5) is 5.69 Å². The Morgan fingerprint density at radius 2 is 1.88 bits per heavy atom. The molecule has 0 radical (unpaired) electrons. The number of fused-ring (bicyclic) bond motifs is 1. The van der Waals surface area contributed by atoms with Crippen molar-refractivity contribution in [1.82, 2.24) is 0 Å². The molecule has 0 aromatic heterocycles. The standard InChI is InChI=1S/C27H34N2O4/c1-3-18-33-23-11-7-20(8-12-23)26-24-6-4-5-15-27(24,31)16-17-29(26)19-25(30)28-21-9-13-22(32-2)14-10-21/h3,7-14,24,26,31H,1,4-6,15-19H2,2H3,(H,28,30)/p+1/t24-,26+,27+/m1/s1. The highest BCUT2D eigenvalue weighted by molar-refractivity contribution is 5.91. The first kappa shape index (κ1) is 23.3. The first-order valence-electron chi connectivity index (χ1n) is 11.9. The Labute approximate surface area is 196 Å². The van der Waals surface area contributed by atoms with Crippen molar-refractivity contribution in [1.29, 1.82) is 0 Å². The first-order valence-corrected chi connectivity index (χ1v) is 11.9. The molecule has 2 fully saturated rings. The molecule has 1 saturated carbocycles. The lowest BCUT2D eigenvalue weighted by Crippen LogP contribution is -3.16. The van der Waals surface area contributed by atoms with Gasteiger partial charge in [0.1, 0.15) is 24.1 Å². The number of carbonyl (C=O) groups excluding carboxylic acids is 1. The van der Waals surface area contributed by atoms with Crippen molar-refractivity contribution in [3.8, 4) is 11.5 Å². The molecule has 1 aliphatic carbocycles. The number of hydrogen-bond acceptors (Lipinski definition) is 4. The summed E-state index contributed by atoms with van der Waals surface area (Å²) in [6.07, 6.45) is 6.49. The molecule has 1 saturated heterocycles. The Kier molecular flexibility index (Phi) is 7.36. The molecule has 3 N–H and O–H groups in total. The molecule has 6 nitrogen and oxygen atoms in total. The van der Waals surface area contributed by atoms with Crippen molar-refractivity contribution >= 4 is 11.6 Å². The number of rotatable bonds is 8. The van der Waals surface area contributed by atoms with Gasteiger partial charge in [-0.05, 0) is 61.4 Å². The predicted molar refractivity (Wildman–Crippen MR) is 129 cm³/mol. The lowest BCUT2D eigenvalue weighted by molar-refractivity contribution is -0.937. The van der Waals surface area contributed by atoms with E-state index in [0.717, 1.165) is 61.4 Å². The van der Waals surface area contributed by atoms with E-state index in [1.807, 2.05) is 36.4 Å². The van der Waals surface area contributed by atoms with Gasteiger partial charge in [0, 0.05) is 23.6 Å². The Bertz CT molecular complexity index is 944. The van der Waals surface area contributed by atoms with Crippen molar-refractivity contribution in [2.24, 2.45) is 5.92 Å². The third kappa shape index (κ3) is 5.40. The molecule has 2 aliphatic rings. The molecule has 4 atom stereocenters. The third-order valence-electron chi connectivity index (χ3n) is 7.15. The van der Waals surface area contributed by atoms with Gasteiger partial charge in [0.15, 0.2) is 6.54 Å². The van der Waals surface area contributed by atoms with Gasteiger partial charge in [-0.2, -0.15) is 0 Å². The minimum Gasteiger partial charge on any atom is -0.497 e. The first-order chi connectivity index (χ1) is 16.0. The summed E-state index contributed by atoms with van der Waals surface area (Å²) in [6, 6.07) is 15.6. The summed E-state index contributed by atoms with van der Waals surface area (Å²) in [4.78, 5) is 14.2. The number of methoxy groups -OCH3 is 1. The van der Waals surface area contributed by atoms with E-state index < -0.39 is 5.60 Å². The summed E-state index contributed by atoms with van der Waals surface area (Å²) in [5.74, 6) is 1.68. The predicted octanol–water partition coefficient (Wildman–Crippen LogP) is 3.15. The van der Waals surface area contributed by atoms with Crippen LogP contribution in [-0.2, 0) is 4.79 Å². The van der Waals surface area contributed by atoms with Gasteiger partial charge >= 0.3 is 0 Å². The van der Waals surface area contributed by atoms with Crippen LogP contribution in [0, 0.1) is 5.92 Å². The van der Waals surface area contributed by atoms with Crippen LogP contribution < -0.4 is 19.7 Å². The molecule has 0 spiro atoms. The lowest BCUT2D eigenvalue weighted by Gasteiger charge is -2.50. The van der Waals surface area contributed by atoms with Gasteiger partial charge in [-0.25, -0.2) is 0 Å². The van der Waals surface area contributed by atoms with Crippen molar-refractivity contribution in [2.75, 3.05) is 32.1 Å². The van der Waals surface area contributed by atoms with E-state index in [0.29, 0.717) is 13.2 Å². The van der Waals surface area contributed by atoms with E-state index in [4.69, 9.17) is 9.47 Å². The maximum atomic E-state index is 13.0. The van der Waals surface area contributed by atoms with Crippen molar-refractivity contribution in [3.05, 3.63) is 66.7 Å². The quantitative estimate of drug-likeness (QED) is 0.539. The third-order valence-corrected chi connectivity index (χ3v) is 7.15. The minimum atomic E-state index is -0.642. The summed E-state index contributed by atoms with van der Waals surface area (Å²) >= 11 is 0. The molecular formula is C27H35N2O4+. The van der Waals surface area contributed by atoms with Gasteiger partial charge in [0.05, 0.1) is 19.3 Å². The number of aliphatic hydroxyl groups is 1. The number of piperidine rings is 1. The molecule has 33 heavy (non-hydrogen) atoms. The van der Waals surface area contributed by atoms with E-state index in [1.54, 1.807) is 13.2 Å². The Hall–Kier alpha value is -2.83. The number of ether oxygens (including phenoxy) is 2. The van der Waals surface area contributed by atoms with Crippen LogP contribution in [0.1, 0.15) is 43.7 Å². The Balaban J connectivity index is 1.53. The maximum absolute atomic E-state index is 13.0. The molecule has 2 aromatic rings. The van der Waals surface area contributed by atoms with Crippen molar-refractivity contribution in [2.45, 2.75) is 43.7 Å². The fraction of sp³-hybridized carbons (Fsp3) is 0.444. The topological polar surface area (TPSA) is 72.2 Å². The maximum Gasteiger partial charge on any atom is 0.279 e. The summed E-state index contributed by atoms with van der Waals surface area (Å²) in [5.41, 5.74) is 1.27. The van der Waals surface area contributed by atoms with Crippen LogP contribution in [0.2, 0.25) is 0 Å². The van der Waals surface area contributed by atoms with Gasteiger partial charge in [0.25, 0.3) is 5.91 Å². The van der Waals surface area contributed by atoms with Crippen molar-refractivity contribution in [3.63, 3.8) is 0 Å². The van der Waals surface area contributed by atoms with Crippen LogP contribution in [0.25, 0.3) is 0 Å². The van der Waals surface area contributed by atoms with Crippen LogP contribution in [0.5, 0.6) is 11.5 Å². The van der Waals surface area contributed by atoms with Crippen LogP contribution >= 0.6 is 0 Å². The second-order valence-corrected chi connectivity index (χ2v) is 9.21. The molecule has 4 rings (SSSR count). The number of benzene rings is 2. The second kappa shape index (κ2) is 10.4. The molecule has 0 bridgehead atoms. The molecule has 1 heterocycles. The molecule has 1 aliphatic heterocycles. The molecule has 176 valence electrons. The number of nitrogens with one attached hydrogen (secondary N) is 2. The zero-order valence-corrected chi connectivity index (χ0v) is 19.4. The van der Waals surface area contributed by atoms with Crippen LogP contribution in [0.3, 0.4) is 0 Å². The number of quaternary nitrogens is 1. The van der Waals surface area contributed by atoms with Crippen molar-refractivity contribution < 1.29 is 24.3 Å². The normalized spacial score (nSPS) is 26.7. The van der Waals surface area contributed by atoms with Gasteiger partial charge in [0.2, 0.25) is 0 Å². The largest absolute Gasteiger partial charge is 0.497 e. The van der Waals surface area contributed by atoms with E-state index in [-0.39, 0.29) is 17.9 Å². The number of carbonyl (C=O) groups is 1. The Morgan fingerprint density at radius 3 is 2.58 bits per heavy atom. The SMILES string of the molecule is C=CCOc1ccc([C@H]2[C@H]3CCCC[C@]3(O)CC[NH+]2CC(=O)Nc2ccc(OC)cc2)cc1. The fourth-order valence-electron chi connectivity index (χ4n) is 5.53. The number of amides is 1. The van der Waals surface area contributed by atoms with E-state index in [1.165, 1.54) is 4.90 Å². The molecule has 1 amide bonds. The minimum absolute atomic E-state index is 0.0210. The van der Waals surface area contributed by atoms with E-state index >= 15 is 0 Å². The van der Waals surface area contributed by atoms with E-state index in [2.05, 4.69) is 24.0 Å². The fourth-order valence-corrected chi connectivity index (χ4v) is 5.53. The van der Waals surface area contributed by atoms with Crippen LogP contribution in [0.15, 0.2) is 61.2 Å². The monoisotopic (exact) mass is 451 g/mol. The van der Waals surface area contributed by atoms with E-state index in [9.17, 15) is 9.90 Å². The average molecular weight is 452 g/mol. The summed E-state index contributed by atoms with van der Waals surface area (Å²) in [5, 5.41) is 14.5. The number of likely N-dealkylation sites (tertiary alicyclic amines) is 1.